The average Bonchev–Trinajstić information content (AvgIpc) is 2.54. The minimum Gasteiger partial charge on any atom is -0.496 e. The van der Waals surface area contributed by atoms with Gasteiger partial charge in [-0.15, -0.1) is 0 Å². The summed E-state index contributed by atoms with van der Waals surface area (Å²) in [6.07, 6.45) is 1.82. The number of rotatable bonds is 5. The van der Waals surface area contributed by atoms with E-state index in [1.807, 2.05) is 32.9 Å². The number of benzene rings is 1. The number of alkyl carbamates (subject to hydrolysis) is 1. The molecule has 0 aromatic heterocycles. The first-order chi connectivity index (χ1) is 11.8. The monoisotopic (exact) mass is 412 g/mol. The molecule has 25 heavy (non-hydrogen) atoms. The summed E-state index contributed by atoms with van der Waals surface area (Å²) >= 11 is 3.62. The van der Waals surface area contributed by atoms with Gasteiger partial charge in [0.1, 0.15) is 11.4 Å². The lowest BCUT2D eigenvalue weighted by Gasteiger charge is -2.32. The van der Waals surface area contributed by atoms with Crippen LogP contribution >= 0.6 is 15.9 Å². The molecule has 1 aromatic rings. The summed E-state index contributed by atoms with van der Waals surface area (Å²) in [5.41, 5.74) is 0.741. The lowest BCUT2D eigenvalue weighted by atomic mass is 9.96. The van der Waals surface area contributed by atoms with Gasteiger partial charge < -0.3 is 14.8 Å². The largest absolute Gasteiger partial charge is 0.496 e. The molecule has 6 heteroatoms. The van der Waals surface area contributed by atoms with Gasteiger partial charge >= 0.3 is 6.09 Å². The highest BCUT2D eigenvalue weighted by molar-refractivity contribution is 9.10. The molecular formula is C19H29BrN2O3. The van der Waals surface area contributed by atoms with Crippen molar-refractivity contribution in [1.29, 1.82) is 0 Å². The van der Waals surface area contributed by atoms with Crippen LogP contribution in [0.2, 0.25) is 0 Å². The van der Waals surface area contributed by atoms with Gasteiger partial charge in [-0.05, 0) is 64.8 Å². The van der Waals surface area contributed by atoms with Gasteiger partial charge in [0.15, 0.2) is 0 Å². The highest BCUT2D eigenvalue weighted by atomic mass is 79.9. The van der Waals surface area contributed by atoms with Gasteiger partial charge in [0, 0.05) is 23.1 Å². The molecule has 140 valence electrons. The zero-order valence-electron chi connectivity index (χ0n) is 15.6. The molecule has 1 saturated heterocycles. The van der Waals surface area contributed by atoms with Crippen LogP contribution in [-0.2, 0) is 11.3 Å². The first-order valence-corrected chi connectivity index (χ1v) is 9.58. The second-order valence-electron chi connectivity index (χ2n) is 7.52. The van der Waals surface area contributed by atoms with Crippen LogP contribution < -0.4 is 10.1 Å². The Labute approximate surface area is 159 Å². The molecular weight excluding hydrogens is 384 g/mol. The van der Waals surface area contributed by atoms with E-state index in [0.717, 1.165) is 42.7 Å². The Morgan fingerprint density at radius 1 is 1.32 bits per heavy atom. The maximum absolute atomic E-state index is 11.8. The molecule has 0 unspecified atom stereocenters. The summed E-state index contributed by atoms with van der Waals surface area (Å²) in [6.45, 7) is 9.22. The van der Waals surface area contributed by atoms with E-state index in [4.69, 9.17) is 9.47 Å². The number of halogens is 1. The van der Waals surface area contributed by atoms with Crippen molar-refractivity contribution >= 4 is 22.0 Å². The van der Waals surface area contributed by atoms with Crippen LogP contribution in [0.4, 0.5) is 4.79 Å². The third-order valence-corrected chi connectivity index (χ3v) is 5.06. The van der Waals surface area contributed by atoms with Crippen molar-refractivity contribution in [2.24, 2.45) is 5.92 Å². The topological polar surface area (TPSA) is 50.8 Å². The third kappa shape index (κ3) is 6.51. The second kappa shape index (κ2) is 8.90. The molecule has 1 N–H and O–H groups in total. The van der Waals surface area contributed by atoms with E-state index >= 15 is 0 Å². The molecule has 0 saturated carbocycles. The van der Waals surface area contributed by atoms with E-state index in [0.29, 0.717) is 12.5 Å². The van der Waals surface area contributed by atoms with Crippen LogP contribution in [0.25, 0.3) is 0 Å². The van der Waals surface area contributed by atoms with Crippen LogP contribution in [0.5, 0.6) is 5.75 Å². The van der Waals surface area contributed by atoms with E-state index < -0.39 is 5.60 Å². The van der Waals surface area contributed by atoms with E-state index in [1.54, 1.807) is 7.11 Å². The maximum atomic E-state index is 11.8. The second-order valence-corrected chi connectivity index (χ2v) is 8.38. The number of amides is 1. The lowest BCUT2D eigenvalue weighted by molar-refractivity contribution is 0.0509. The Kier molecular flexibility index (Phi) is 7.14. The van der Waals surface area contributed by atoms with E-state index in [2.05, 4.69) is 32.2 Å². The number of carbonyl (C=O) groups excluding carboxylic acids is 1. The summed E-state index contributed by atoms with van der Waals surface area (Å²) < 4.78 is 11.8. The number of piperidine rings is 1. The standard InChI is InChI=1S/C19H29BrN2O3/c1-19(2,3)25-18(23)21-12-14-8-10-22(11-9-14)13-15-16(20)6-5-7-17(15)24-4/h5-7,14H,8-13H2,1-4H3,(H,21,23). The minimum absolute atomic E-state index is 0.326. The minimum atomic E-state index is -0.449. The molecule has 0 aliphatic carbocycles. The molecule has 2 rings (SSSR count). The number of likely N-dealkylation sites (tertiary alicyclic amines) is 1. The molecule has 5 nitrogen and oxygen atoms in total. The highest BCUT2D eigenvalue weighted by Crippen LogP contribution is 2.29. The Hall–Kier alpha value is -1.27. The molecule has 1 aromatic carbocycles. The maximum Gasteiger partial charge on any atom is 0.407 e. The smallest absolute Gasteiger partial charge is 0.407 e. The van der Waals surface area contributed by atoms with Gasteiger partial charge in [-0.1, -0.05) is 22.0 Å². The van der Waals surface area contributed by atoms with Gasteiger partial charge in [0.25, 0.3) is 0 Å². The number of hydrogen-bond donors (Lipinski definition) is 1. The first-order valence-electron chi connectivity index (χ1n) is 8.79. The Morgan fingerprint density at radius 3 is 2.60 bits per heavy atom. The zero-order chi connectivity index (χ0) is 18.4. The van der Waals surface area contributed by atoms with Crippen LogP contribution in [0.1, 0.15) is 39.2 Å². The van der Waals surface area contributed by atoms with Crippen molar-refractivity contribution in [2.45, 2.75) is 45.8 Å². The summed E-state index contributed by atoms with van der Waals surface area (Å²) in [7, 11) is 1.71. The quantitative estimate of drug-likeness (QED) is 0.787. The van der Waals surface area contributed by atoms with E-state index in [9.17, 15) is 4.79 Å². The Balaban J connectivity index is 1.78. The van der Waals surface area contributed by atoms with Gasteiger partial charge in [-0.25, -0.2) is 4.79 Å². The van der Waals surface area contributed by atoms with Crippen LogP contribution in [0.15, 0.2) is 22.7 Å². The van der Waals surface area contributed by atoms with E-state index in [1.165, 1.54) is 5.56 Å². The van der Waals surface area contributed by atoms with Crippen LogP contribution in [-0.4, -0.2) is 43.3 Å². The Bertz CT molecular complexity index is 579. The summed E-state index contributed by atoms with van der Waals surface area (Å²) in [4.78, 5) is 14.2. The summed E-state index contributed by atoms with van der Waals surface area (Å²) in [5, 5.41) is 2.89. The molecule has 1 fully saturated rings. The molecule has 0 bridgehead atoms. The number of methoxy groups -OCH3 is 1. The fraction of sp³-hybridized carbons (Fsp3) is 0.632. The fourth-order valence-corrected chi connectivity index (χ4v) is 3.47. The summed E-state index contributed by atoms with van der Waals surface area (Å²) in [6, 6.07) is 6.04. The molecule has 1 amide bonds. The van der Waals surface area contributed by atoms with Crippen molar-refractivity contribution in [2.75, 3.05) is 26.7 Å². The fourth-order valence-electron chi connectivity index (χ4n) is 3.00. The number of ether oxygens (including phenoxy) is 2. The normalized spacial score (nSPS) is 16.5. The predicted molar refractivity (Wildman–Crippen MR) is 103 cm³/mol. The Morgan fingerprint density at radius 2 is 2.00 bits per heavy atom. The molecule has 0 atom stereocenters. The van der Waals surface area contributed by atoms with Crippen molar-refractivity contribution < 1.29 is 14.3 Å². The molecule has 1 aliphatic heterocycles. The summed E-state index contributed by atoms with van der Waals surface area (Å²) in [5.74, 6) is 1.42. The SMILES string of the molecule is COc1cccc(Br)c1CN1CCC(CNC(=O)OC(C)(C)C)CC1. The molecule has 1 heterocycles. The van der Waals surface area contributed by atoms with Crippen LogP contribution in [0.3, 0.4) is 0 Å². The molecule has 0 spiro atoms. The van der Waals surface area contributed by atoms with Crippen molar-refractivity contribution in [3.05, 3.63) is 28.2 Å². The van der Waals surface area contributed by atoms with Gasteiger partial charge in [-0.2, -0.15) is 0 Å². The average molecular weight is 413 g/mol. The third-order valence-electron chi connectivity index (χ3n) is 4.32. The van der Waals surface area contributed by atoms with Crippen molar-refractivity contribution in [3.8, 4) is 5.75 Å². The number of hydrogen-bond acceptors (Lipinski definition) is 4. The van der Waals surface area contributed by atoms with Gasteiger partial charge in [0.2, 0.25) is 0 Å². The lowest BCUT2D eigenvalue weighted by Crippen LogP contribution is -2.40. The zero-order valence-corrected chi connectivity index (χ0v) is 17.2. The highest BCUT2D eigenvalue weighted by Gasteiger charge is 2.22. The molecule has 1 aliphatic rings. The number of carbonyl (C=O) groups is 1. The van der Waals surface area contributed by atoms with Crippen molar-refractivity contribution in [3.63, 3.8) is 0 Å². The van der Waals surface area contributed by atoms with Crippen LogP contribution in [0, 0.1) is 5.92 Å². The van der Waals surface area contributed by atoms with Gasteiger partial charge in [-0.3, -0.25) is 4.90 Å². The first kappa shape index (κ1) is 20.0. The van der Waals surface area contributed by atoms with E-state index in [-0.39, 0.29) is 6.09 Å². The number of nitrogens with zero attached hydrogens (tertiary/aromatic N) is 1. The number of nitrogens with one attached hydrogen (secondary N) is 1. The van der Waals surface area contributed by atoms with Crippen molar-refractivity contribution in [1.82, 2.24) is 10.2 Å². The molecule has 0 radical (unpaired) electrons. The predicted octanol–water partition coefficient (Wildman–Crippen LogP) is 4.19. The van der Waals surface area contributed by atoms with Gasteiger partial charge in [0.05, 0.1) is 7.11 Å².